The third kappa shape index (κ3) is 2.10. The van der Waals surface area contributed by atoms with Crippen molar-refractivity contribution in [3.8, 4) is 0 Å². The molecule has 17 heavy (non-hydrogen) atoms. The molecule has 3 nitrogen and oxygen atoms in total. The summed E-state index contributed by atoms with van der Waals surface area (Å²) in [6.45, 7) is 3.71. The maximum absolute atomic E-state index is 5.85. The predicted octanol–water partition coefficient (Wildman–Crippen LogP) is 2.62. The van der Waals surface area contributed by atoms with Crippen molar-refractivity contribution in [2.75, 3.05) is 18.9 Å². The van der Waals surface area contributed by atoms with Crippen molar-refractivity contribution in [2.45, 2.75) is 17.1 Å². The highest BCUT2D eigenvalue weighted by Gasteiger charge is 2.20. The van der Waals surface area contributed by atoms with E-state index in [1.807, 2.05) is 36.9 Å². The Bertz CT molecular complexity index is 567. The first-order chi connectivity index (χ1) is 8.22. The summed E-state index contributed by atoms with van der Waals surface area (Å²) in [6, 6.07) is 8.02. The van der Waals surface area contributed by atoms with Crippen LogP contribution in [0.2, 0.25) is 0 Å². The average molecular weight is 246 g/mol. The summed E-state index contributed by atoms with van der Waals surface area (Å²) in [4.78, 5) is 5.79. The average Bonchev–Trinajstić information content (AvgIpc) is 2.24. The quantitative estimate of drug-likeness (QED) is 0.827. The van der Waals surface area contributed by atoms with E-state index in [1.165, 1.54) is 4.90 Å². The number of nitrogens with two attached hydrogens (primary N) is 1. The third-order valence-corrected chi connectivity index (χ3v) is 4.02. The number of rotatable bonds is 2. The largest absolute Gasteiger partial charge is 0.399 e. The Morgan fingerprint density at radius 3 is 2.88 bits per heavy atom. The lowest BCUT2D eigenvalue weighted by molar-refractivity contribution is 0.0455. The molecule has 0 saturated carbocycles. The molecule has 0 radical (unpaired) electrons. The number of aryl methyl sites for hydroxylation is 1. The van der Waals surface area contributed by atoms with Crippen molar-refractivity contribution in [1.29, 1.82) is 0 Å². The fourth-order valence-corrected chi connectivity index (χ4v) is 3.11. The lowest BCUT2D eigenvalue weighted by atomic mass is 10.2. The topological polar surface area (TPSA) is 48.1 Å². The van der Waals surface area contributed by atoms with Gasteiger partial charge in [-0.3, -0.25) is 4.98 Å². The molecule has 0 atom stereocenters. The second-order valence-corrected chi connectivity index (χ2v) is 5.66. The lowest BCUT2D eigenvalue weighted by Gasteiger charge is -2.25. The molecule has 0 amide bonds. The van der Waals surface area contributed by atoms with Crippen molar-refractivity contribution < 1.29 is 4.74 Å². The van der Waals surface area contributed by atoms with E-state index in [1.54, 1.807) is 0 Å². The van der Waals surface area contributed by atoms with Gasteiger partial charge in [0.25, 0.3) is 0 Å². The number of nitrogens with zero attached hydrogens (tertiary/aromatic N) is 1. The van der Waals surface area contributed by atoms with Crippen molar-refractivity contribution in [1.82, 2.24) is 4.98 Å². The highest BCUT2D eigenvalue weighted by molar-refractivity contribution is 8.00. The van der Waals surface area contributed by atoms with E-state index in [0.29, 0.717) is 5.25 Å². The standard InChI is InChI=1S/C13H14N2OS/c1-8-4-13(17-10-6-16-7-10)11-5-9(14)2-3-12(11)15-8/h2-5,10H,6-7,14H2,1H3. The number of benzene rings is 1. The summed E-state index contributed by atoms with van der Waals surface area (Å²) in [5.74, 6) is 0. The number of ether oxygens (including phenoxy) is 1. The first-order valence-electron chi connectivity index (χ1n) is 5.63. The van der Waals surface area contributed by atoms with Crippen LogP contribution in [-0.2, 0) is 4.74 Å². The zero-order chi connectivity index (χ0) is 11.8. The first-order valence-corrected chi connectivity index (χ1v) is 6.51. The second-order valence-electron chi connectivity index (χ2n) is 4.32. The molecule has 0 spiro atoms. The molecule has 1 aliphatic heterocycles. The van der Waals surface area contributed by atoms with E-state index < -0.39 is 0 Å². The zero-order valence-corrected chi connectivity index (χ0v) is 10.5. The number of nitrogen functional groups attached to an aromatic ring is 1. The molecule has 3 rings (SSSR count). The summed E-state index contributed by atoms with van der Waals surface area (Å²) < 4.78 is 5.21. The van der Waals surface area contributed by atoms with Gasteiger partial charge in [-0.1, -0.05) is 0 Å². The van der Waals surface area contributed by atoms with Gasteiger partial charge in [0, 0.05) is 21.7 Å². The Labute approximate surface area is 104 Å². The van der Waals surface area contributed by atoms with Crippen LogP contribution in [-0.4, -0.2) is 23.4 Å². The molecule has 88 valence electrons. The van der Waals surface area contributed by atoms with E-state index in [9.17, 15) is 0 Å². The van der Waals surface area contributed by atoms with Crippen LogP contribution in [0.15, 0.2) is 29.2 Å². The maximum Gasteiger partial charge on any atom is 0.0717 e. The molecule has 1 aromatic carbocycles. The van der Waals surface area contributed by atoms with Gasteiger partial charge in [-0.25, -0.2) is 0 Å². The first kappa shape index (κ1) is 10.9. The van der Waals surface area contributed by atoms with E-state index in [4.69, 9.17) is 10.5 Å². The number of hydrogen-bond donors (Lipinski definition) is 1. The molecule has 4 heteroatoms. The van der Waals surface area contributed by atoms with Gasteiger partial charge in [-0.15, -0.1) is 11.8 Å². The molecule has 1 saturated heterocycles. The number of anilines is 1. The van der Waals surface area contributed by atoms with Crippen LogP contribution in [0.3, 0.4) is 0 Å². The molecule has 1 aliphatic rings. The monoisotopic (exact) mass is 246 g/mol. The highest BCUT2D eigenvalue weighted by atomic mass is 32.2. The number of hydrogen-bond acceptors (Lipinski definition) is 4. The van der Waals surface area contributed by atoms with Crippen LogP contribution in [0.25, 0.3) is 10.9 Å². The molecular weight excluding hydrogens is 232 g/mol. The number of pyridine rings is 1. The van der Waals surface area contributed by atoms with Crippen LogP contribution in [0.4, 0.5) is 5.69 Å². The Morgan fingerprint density at radius 2 is 2.18 bits per heavy atom. The number of aromatic nitrogens is 1. The van der Waals surface area contributed by atoms with E-state index in [2.05, 4.69) is 11.1 Å². The van der Waals surface area contributed by atoms with Gasteiger partial charge < -0.3 is 10.5 Å². The summed E-state index contributed by atoms with van der Waals surface area (Å²) >= 11 is 1.86. The minimum absolute atomic E-state index is 0.571. The number of fused-ring (bicyclic) bond motifs is 1. The molecule has 1 fully saturated rings. The van der Waals surface area contributed by atoms with Crippen molar-refractivity contribution in [3.05, 3.63) is 30.0 Å². The van der Waals surface area contributed by atoms with Gasteiger partial charge in [0.1, 0.15) is 0 Å². The zero-order valence-electron chi connectivity index (χ0n) is 9.64. The van der Waals surface area contributed by atoms with Crippen LogP contribution in [0, 0.1) is 6.92 Å². The Kier molecular flexibility index (Phi) is 2.68. The van der Waals surface area contributed by atoms with Crippen LogP contribution < -0.4 is 5.73 Å². The molecule has 2 N–H and O–H groups in total. The summed E-state index contributed by atoms with van der Waals surface area (Å²) in [5.41, 5.74) is 8.70. The van der Waals surface area contributed by atoms with Crippen molar-refractivity contribution in [3.63, 3.8) is 0 Å². The van der Waals surface area contributed by atoms with Gasteiger partial charge in [0.15, 0.2) is 0 Å². The molecular formula is C13H14N2OS. The van der Waals surface area contributed by atoms with E-state index >= 15 is 0 Å². The third-order valence-electron chi connectivity index (χ3n) is 2.82. The fourth-order valence-electron chi connectivity index (χ4n) is 1.90. The fraction of sp³-hybridized carbons (Fsp3) is 0.308. The van der Waals surface area contributed by atoms with Gasteiger partial charge in [-0.05, 0) is 31.2 Å². The van der Waals surface area contributed by atoms with Crippen molar-refractivity contribution >= 4 is 28.4 Å². The molecule has 0 unspecified atom stereocenters. The van der Waals surface area contributed by atoms with Gasteiger partial charge >= 0.3 is 0 Å². The summed E-state index contributed by atoms with van der Waals surface area (Å²) in [7, 11) is 0. The minimum atomic E-state index is 0.571. The smallest absolute Gasteiger partial charge is 0.0717 e. The Balaban J connectivity index is 2.09. The number of thioether (sulfide) groups is 1. The highest BCUT2D eigenvalue weighted by Crippen LogP contribution is 2.34. The summed E-state index contributed by atoms with van der Waals surface area (Å²) in [5, 5.41) is 1.72. The molecule has 2 heterocycles. The van der Waals surface area contributed by atoms with Crippen molar-refractivity contribution in [2.24, 2.45) is 0 Å². The maximum atomic E-state index is 5.85. The predicted molar refractivity (Wildman–Crippen MR) is 71.4 cm³/mol. The summed E-state index contributed by atoms with van der Waals surface area (Å²) in [6.07, 6.45) is 0. The second kappa shape index (κ2) is 4.20. The van der Waals surface area contributed by atoms with Gasteiger partial charge in [0.05, 0.1) is 24.0 Å². The molecule has 0 aliphatic carbocycles. The minimum Gasteiger partial charge on any atom is -0.399 e. The van der Waals surface area contributed by atoms with Crippen LogP contribution in [0.5, 0.6) is 0 Å². The van der Waals surface area contributed by atoms with E-state index in [0.717, 1.165) is 35.5 Å². The van der Waals surface area contributed by atoms with E-state index in [-0.39, 0.29) is 0 Å². The Morgan fingerprint density at radius 1 is 1.35 bits per heavy atom. The lowest BCUT2D eigenvalue weighted by Crippen LogP contribution is -2.30. The van der Waals surface area contributed by atoms with Crippen LogP contribution >= 0.6 is 11.8 Å². The SMILES string of the molecule is Cc1cc(SC2COC2)c2cc(N)ccc2n1. The van der Waals surface area contributed by atoms with Crippen LogP contribution in [0.1, 0.15) is 5.69 Å². The van der Waals surface area contributed by atoms with Gasteiger partial charge in [0.2, 0.25) is 0 Å². The molecule has 2 aromatic rings. The Hall–Kier alpha value is -1.26. The molecule has 0 bridgehead atoms. The normalized spacial score (nSPS) is 16.1. The van der Waals surface area contributed by atoms with Gasteiger partial charge in [-0.2, -0.15) is 0 Å². The molecule has 1 aromatic heterocycles.